The second-order valence-corrected chi connectivity index (χ2v) is 5.28. The van der Waals surface area contributed by atoms with E-state index >= 15 is 0 Å². The van der Waals surface area contributed by atoms with Gasteiger partial charge in [-0.25, -0.2) is 4.39 Å². The van der Waals surface area contributed by atoms with Gasteiger partial charge in [0.1, 0.15) is 5.82 Å². The van der Waals surface area contributed by atoms with Crippen molar-refractivity contribution in [2.45, 2.75) is 0 Å². The monoisotopic (exact) mass is 347 g/mol. The molecule has 0 saturated heterocycles. The zero-order chi connectivity index (χ0) is 17.3. The van der Waals surface area contributed by atoms with Crippen LogP contribution in [-0.4, -0.2) is 16.1 Å². The van der Waals surface area contributed by atoms with E-state index in [1.807, 2.05) is 0 Å². The van der Waals surface area contributed by atoms with Gasteiger partial charge >= 0.3 is 0 Å². The van der Waals surface area contributed by atoms with Gasteiger partial charge in [0.05, 0.1) is 10.6 Å². The molecule has 3 aromatic rings. The van der Waals surface area contributed by atoms with Crippen LogP contribution in [0.4, 0.5) is 10.3 Å². The van der Waals surface area contributed by atoms with Gasteiger partial charge in [0.2, 0.25) is 17.4 Å². The van der Waals surface area contributed by atoms with Crippen LogP contribution in [0.25, 0.3) is 11.3 Å². The van der Waals surface area contributed by atoms with E-state index in [4.69, 9.17) is 16.0 Å². The number of carbonyl (C=O) groups excluding carboxylic acids is 1. The van der Waals surface area contributed by atoms with Gasteiger partial charge < -0.3 is 14.6 Å². The van der Waals surface area contributed by atoms with Crippen LogP contribution in [0, 0.1) is 5.82 Å². The topological polar surface area (TPSA) is 82.7 Å². The van der Waals surface area contributed by atoms with E-state index in [1.54, 1.807) is 30.3 Å². The molecule has 0 spiro atoms. The summed E-state index contributed by atoms with van der Waals surface area (Å²) in [6.07, 6.45) is 0. The molecule has 0 saturated carbocycles. The van der Waals surface area contributed by atoms with Crippen LogP contribution in [0.2, 0.25) is 5.02 Å². The first-order valence-corrected chi connectivity index (χ1v) is 7.22. The maximum atomic E-state index is 14.0. The average molecular weight is 348 g/mol. The molecular formula is C17H11ClFNO4. The van der Waals surface area contributed by atoms with E-state index in [9.17, 15) is 19.4 Å². The number of hydrogen-bond acceptors (Lipinski definition) is 4. The van der Waals surface area contributed by atoms with Gasteiger partial charge in [0.15, 0.2) is 5.76 Å². The van der Waals surface area contributed by atoms with Crippen LogP contribution < -0.4 is 5.32 Å². The molecule has 122 valence electrons. The summed E-state index contributed by atoms with van der Waals surface area (Å²) in [5, 5.41) is 22.2. The average Bonchev–Trinajstić information content (AvgIpc) is 2.84. The van der Waals surface area contributed by atoms with E-state index in [-0.39, 0.29) is 16.3 Å². The van der Waals surface area contributed by atoms with Crippen LogP contribution in [0.3, 0.4) is 0 Å². The van der Waals surface area contributed by atoms with Crippen molar-refractivity contribution >= 4 is 23.4 Å². The fraction of sp³-hybridized carbons (Fsp3) is 0. The fourth-order valence-electron chi connectivity index (χ4n) is 2.15. The fourth-order valence-corrected chi connectivity index (χ4v) is 2.40. The third-order valence-corrected chi connectivity index (χ3v) is 3.63. The Balaban J connectivity index is 1.99. The van der Waals surface area contributed by atoms with Crippen LogP contribution in [-0.2, 0) is 0 Å². The molecule has 1 aromatic heterocycles. The number of carbonyl (C=O) groups is 1. The largest absolute Gasteiger partial charge is 0.502 e. The SMILES string of the molecule is O=C(Nc1oc(-c2c(F)cccc2Cl)c(O)c1O)c1ccccc1. The van der Waals surface area contributed by atoms with E-state index in [2.05, 4.69) is 5.32 Å². The minimum atomic E-state index is -0.743. The van der Waals surface area contributed by atoms with Crippen molar-refractivity contribution < 1.29 is 23.8 Å². The molecule has 0 unspecified atom stereocenters. The van der Waals surface area contributed by atoms with Crippen molar-refractivity contribution in [1.82, 2.24) is 0 Å². The Kier molecular flexibility index (Phi) is 4.14. The molecule has 5 nitrogen and oxygen atoms in total. The lowest BCUT2D eigenvalue weighted by atomic mass is 10.1. The second-order valence-electron chi connectivity index (χ2n) is 4.87. The highest BCUT2D eigenvalue weighted by atomic mass is 35.5. The lowest BCUT2D eigenvalue weighted by molar-refractivity contribution is 0.102. The first kappa shape index (κ1) is 15.9. The van der Waals surface area contributed by atoms with Gasteiger partial charge in [0, 0.05) is 5.56 Å². The molecule has 7 heteroatoms. The summed E-state index contributed by atoms with van der Waals surface area (Å²) in [6, 6.07) is 12.1. The predicted octanol–water partition coefficient (Wildman–Crippen LogP) is 4.40. The molecule has 0 radical (unpaired) electrons. The molecule has 2 aromatic carbocycles. The Morgan fingerprint density at radius 2 is 1.75 bits per heavy atom. The highest BCUT2D eigenvalue weighted by Gasteiger charge is 2.26. The summed E-state index contributed by atoms with van der Waals surface area (Å²) in [6.45, 7) is 0. The molecular weight excluding hydrogens is 337 g/mol. The van der Waals surface area contributed by atoms with E-state index < -0.39 is 29.1 Å². The van der Waals surface area contributed by atoms with Gasteiger partial charge in [-0.15, -0.1) is 0 Å². The van der Waals surface area contributed by atoms with E-state index in [0.29, 0.717) is 5.56 Å². The zero-order valence-corrected chi connectivity index (χ0v) is 12.8. The van der Waals surface area contributed by atoms with E-state index in [0.717, 1.165) is 6.07 Å². The molecule has 0 aliphatic heterocycles. The van der Waals surface area contributed by atoms with Crippen LogP contribution >= 0.6 is 11.6 Å². The van der Waals surface area contributed by atoms with Crippen LogP contribution in [0.15, 0.2) is 52.9 Å². The zero-order valence-electron chi connectivity index (χ0n) is 12.1. The predicted molar refractivity (Wildman–Crippen MR) is 86.8 cm³/mol. The number of halogens is 2. The van der Waals surface area contributed by atoms with Gasteiger partial charge in [-0.3, -0.25) is 10.1 Å². The Hall–Kier alpha value is -2.99. The molecule has 3 N–H and O–H groups in total. The molecule has 0 aliphatic carbocycles. The molecule has 0 atom stereocenters. The Morgan fingerprint density at radius 1 is 1.04 bits per heavy atom. The summed E-state index contributed by atoms with van der Waals surface area (Å²) < 4.78 is 19.2. The number of amides is 1. The lowest BCUT2D eigenvalue weighted by Gasteiger charge is -2.03. The summed E-state index contributed by atoms with van der Waals surface area (Å²) in [4.78, 5) is 12.1. The van der Waals surface area contributed by atoms with Crippen molar-refractivity contribution in [2.24, 2.45) is 0 Å². The van der Waals surface area contributed by atoms with Crippen LogP contribution in [0.5, 0.6) is 11.5 Å². The normalized spacial score (nSPS) is 10.6. The third-order valence-electron chi connectivity index (χ3n) is 3.31. The number of hydrogen-bond donors (Lipinski definition) is 3. The number of benzene rings is 2. The second kappa shape index (κ2) is 6.25. The smallest absolute Gasteiger partial charge is 0.258 e. The quantitative estimate of drug-likeness (QED) is 0.655. The van der Waals surface area contributed by atoms with Gasteiger partial charge in [-0.05, 0) is 24.3 Å². The summed E-state index contributed by atoms with van der Waals surface area (Å²) in [7, 11) is 0. The van der Waals surface area contributed by atoms with Crippen molar-refractivity contribution in [3.63, 3.8) is 0 Å². The molecule has 1 amide bonds. The molecule has 1 heterocycles. The highest BCUT2D eigenvalue weighted by molar-refractivity contribution is 6.33. The Labute approximate surface area is 140 Å². The number of nitrogens with one attached hydrogen (secondary N) is 1. The maximum absolute atomic E-state index is 14.0. The summed E-state index contributed by atoms with van der Waals surface area (Å²) >= 11 is 5.92. The van der Waals surface area contributed by atoms with Gasteiger partial charge in [0.25, 0.3) is 5.91 Å². The molecule has 3 rings (SSSR count). The van der Waals surface area contributed by atoms with Gasteiger partial charge in [-0.1, -0.05) is 35.9 Å². The standard InChI is InChI=1S/C17H11ClFNO4/c18-10-7-4-8-11(19)12(10)15-13(21)14(22)17(24-15)20-16(23)9-5-2-1-3-6-9/h1-8,21-22H,(H,20,23). The summed E-state index contributed by atoms with van der Waals surface area (Å²) in [5.74, 6) is -3.52. The highest BCUT2D eigenvalue weighted by Crippen LogP contribution is 2.47. The summed E-state index contributed by atoms with van der Waals surface area (Å²) in [5.41, 5.74) is 0.102. The minimum Gasteiger partial charge on any atom is -0.502 e. The maximum Gasteiger partial charge on any atom is 0.258 e. The molecule has 0 fully saturated rings. The Bertz CT molecular complexity index is 888. The number of anilines is 1. The first-order chi connectivity index (χ1) is 11.5. The first-order valence-electron chi connectivity index (χ1n) is 6.84. The molecule has 0 bridgehead atoms. The molecule has 0 aliphatic rings. The van der Waals surface area contributed by atoms with Gasteiger partial charge in [-0.2, -0.15) is 0 Å². The molecule has 24 heavy (non-hydrogen) atoms. The minimum absolute atomic E-state index is 0.0139. The number of furan rings is 1. The number of rotatable bonds is 3. The Morgan fingerprint density at radius 3 is 2.42 bits per heavy atom. The van der Waals surface area contributed by atoms with Crippen molar-refractivity contribution in [3.05, 3.63) is 64.9 Å². The number of aromatic hydroxyl groups is 2. The van der Waals surface area contributed by atoms with Crippen molar-refractivity contribution in [2.75, 3.05) is 5.32 Å². The lowest BCUT2D eigenvalue weighted by Crippen LogP contribution is -2.11. The van der Waals surface area contributed by atoms with Crippen molar-refractivity contribution in [3.8, 4) is 22.8 Å². The third kappa shape index (κ3) is 2.79. The van der Waals surface area contributed by atoms with Crippen molar-refractivity contribution in [1.29, 1.82) is 0 Å². The van der Waals surface area contributed by atoms with E-state index in [1.165, 1.54) is 12.1 Å². The van der Waals surface area contributed by atoms with Crippen LogP contribution in [0.1, 0.15) is 10.4 Å².